The third-order valence-corrected chi connectivity index (χ3v) is 6.26. The molecule has 1 N–H and O–H groups in total. The van der Waals surface area contributed by atoms with Crippen LogP contribution in [-0.4, -0.2) is 72.0 Å². The van der Waals surface area contributed by atoms with Gasteiger partial charge in [0.2, 0.25) is 0 Å². The van der Waals surface area contributed by atoms with Gasteiger partial charge in [-0.1, -0.05) is 0 Å². The number of ether oxygens (including phenoxy) is 1. The molecule has 0 spiro atoms. The number of aryl methyl sites for hydroxylation is 2. The molecule has 3 heterocycles. The van der Waals surface area contributed by atoms with Crippen molar-refractivity contribution in [2.75, 3.05) is 50.9 Å². The van der Waals surface area contributed by atoms with Crippen LogP contribution in [-0.2, 0) is 17.6 Å². The molecule has 0 bridgehead atoms. The van der Waals surface area contributed by atoms with E-state index in [1.807, 2.05) is 6.92 Å². The minimum atomic E-state index is 0.286. The fourth-order valence-corrected chi connectivity index (χ4v) is 5.03. The second-order valence-corrected chi connectivity index (χ2v) is 7.95. The zero-order valence-electron chi connectivity index (χ0n) is 16.0. The van der Waals surface area contributed by atoms with Crippen molar-refractivity contribution in [2.24, 2.45) is 5.92 Å². The molecule has 2 fully saturated rings. The number of fused-ring (bicyclic) bond motifs is 1. The highest BCUT2D eigenvalue weighted by molar-refractivity contribution is 5.51. The summed E-state index contributed by atoms with van der Waals surface area (Å²) < 4.78 is 5.55. The topological polar surface area (TPSA) is 61.7 Å². The molecule has 1 aliphatic carbocycles. The van der Waals surface area contributed by atoms with Gasteiger partial charge >= 0.3 is 0 Å². The fourth-order valence-electron chi connectivity index (χ4n) is 5.03. The van der Waals surface area contributed by atoms with Crippen LogP contribution in [0, 0.1) is 12.8 Å². The largest absolute Gasteiger partial charge is 0.396 e. The maximum atomic E-state index is 9.37. The number of rotatable bonds is 5. The molecular formula is C20H32N4O2. The van der Waals surface area contributed by atoms with Crippen molar-refractivity contribution >= 4 is 5.82 Å². The first kappa shape index (κ1) is 18.1. The summed E-state index contributed by atoms with van der Waals surface area (Å²) in [4.78, 5) is 14.7. The molecule has 0 amide bonds. The number of nitrogens with zero attached hydrogens (tertiary/aromatic N) is 4. The number of hydrogen-bond donors (Lipinski definition) is 1. The van der Waals surface area contributed by atoms with Crippen LogP contribution in [0.2, 0.25) is 0 Å². The molecule has 1 aromatic heterocycles. The van der Waals surface area contributed by atoms with E-state index in [0.29, 0.717) is 12.0 Å². The van der Waals surface area contributed by atoms with E-state index in [-0.39, 0.29) is 6.61 Å². The van der Waals surface area contributed by atoms with Gasteiger partial charge in [-0.15, -0.1) is 0 Å². The molecule has 144 valence electrons. The second kappa shape index (κ2) is 8.19. The van der Waals surface area contributed by atoms with Gasteiger partial charge in [-0.05, 0) is 51.4 Å². The van der Waals surface area contributed by atoms with Gasteiger partial charge in [0, 0.05) is 50.1 Å². The average molecular weight is 361 g/mol. The van der Waals surface area contributed by atoms with Gasteiger partial charge in [0.05, 0.1) is 13.2 Å². The van der Waals surface area contributed by atoms with Gasteiger partial charge < -0.3 is 14.7 Å². The number of anilines is 1. The van der Waals surface area contributed by atoms with Gasteiger partial charge in [-0.2, -0.15) is 0 Å². The van der Waals surface area contributed by atoms with Crippen LogP contribution in [0.1, 0.15) is 42.8 Å². The van der Waals surface area contributed by atoms with E-state index >= 15 is 0 Å². The minimum Gasteiger partial charge on any atom is -0.396 e. The van der Waals surface area contributed by atoms with Crippen LogP contribution in [0.3, 0.4) is 0 Å². The zero-order chi connectivity index (χ0) is 17.9. The lowest BCUT2D eigenvalue weighted by Crippen LogP contribution is -2.54. The quantitative estimate of drug-likeness (QED) is 0.860. The predicted octanol–water partition coefficient (Wildman–Crippen LogP) is 1.57. The van der Waals surface area contributed by atoms with E-state index in [9.17, 15) is 5.11 Å². The minimum absolute atomic E-state index is 0.286. The van der Waals surface area contributed by atoms with Gasteiger partial charge in [0.15, 0.2) is 0 Å². The highest BCUT2D eigenvalue weighted by Crippen LogP contribution is 2.34. The molecule has 3 aliphatic rings. The Morgan fingerprint density at radius 2 is 2.00 bits per heavy atom. The monoisotopic (exact) mass is 360 g/mol. The number of hydrogen-bond acceptors (Lipinski definition) is 6. The Kier molecular flexibility index (Phi) is 5.72. The average Bonchev–Trinajstić information content (AvgIpc) is 3.14. The molecule has 0 unspecified atom stereocenters. The van der Waals surface area contributed by atoms with Crippen molar-refractivity contribution in [2.45, 2.75) is 51.5 Å². The Labute approximate surface area is 156 Å². The fraction of sp³-hybridized carbons (Fsp3) is 0.800. The molecule has 0 radical (unpaired) electrons. The summed E-state index contributed by atoms with van der Waals surface area (Å²) in [5, 5.41) is 9.37. The molecule has 0 aromatic carbocycles. The van der Waals surface area contributed by atoms with Crippen LogP contribution in [0.4, 0.5) is 5.82 Å². The van der Waals surface area contributed by atoms with Gasteiger partial charge in [-0.3, -0.25) is 4.90 Å². The van der Waals surface area contributed by atoms with Crippen molar-refractivity contribution in [3.05, 3.63) is 17.1 Å². The lowest BCUT2D eigenvalue weighted by molar-refractivity contribution is -0.00416. The van der Waals surface area contributed by atoms with Crippen LogP contribution < -0.4 is 4.90 Å². The van der Waals surface area contributed by atoms with Crippen molar-refractivity contribution in [1.82, 2.24) is 14.9 Å². The molecule has 4 rings (SSSR count). The summed E-state index contributed by atoms with van der Waals surface area (Å²) in [7, 11) is 0. The Bertz CT molecular complexity index is 618. The molecule has 26 heavy (non-hydrogen) atoms. The highest BCUT2D eigenvalue weighted by atomic mass is 16.5. The van der Waals surface area contributed by atoms with E-state index < -0.39 is 0 Å². The third kappa shape index (κ3) is 3.73. The van der Waals surface area contributed by atoms with Crippen LogP contribution in [0.15, 0.2) is 0 Å². The van der Waals surface area contributed by atoms with Crippen molar-refractivity contribution < 1.29 is 9.84 Å². The predicted molar refractivity (Wildman–Crippen MR) is 102 cm³/mol. The number of aliphatic hydroxyl groups is 1. The van der Waals surface area contributed by atoms with Crippen molar-refractivity contribution in [3.8, 4) is 0 Å². The third-order valence-electron chi connectivity index (χ3n) is 6.26. The molecule has 2 aliphatic heterocycles. The van der Waals surface area contributed by atoms with E-state index in [1.165, 1.54) is 29.9 Å². The smallest absolute Gasteiger partial charge is 0.135 e. The van der Waals surface area contributed by atoms with Crippen molar-refractivity contribution in [3.63, 3.8) is 0 Å². The van der Waals surface area contributed by atoms with Crippen molar-refractivity contribution in [1.29, 1.82) is 0 Å². The standard InChI is InChI=1S/C20H32N4O2/c1-15-21-18-6-2-5-17(18)20(22-15)24-8-7-19(16(14-24)4-3-11-25)23-9-12-26-13-10-23/h16,19,25H,2-14H2,1H3/t16-,19+/m1/s1. The number of aliphatic hydroxyl groups excluding tert-OH is 1. The number of aromatic nitrogens is 2. The highest BCUT2D eigenvalue weighted by Gasteiger charge is 2.35. The Balaban J connectivity index is 1.53. The Hall–Kier alpha value is -1.24. The first-order valence-electron chi connectivity index (χ1n) is 10.3. The van der Waals surface area contributed by atoms with E-state index in [4.69, 9.17) is 9.72 Å². The summed E-state index contributed by atoms with van der Waals surface area (Å²) in [6.07, 6.45) is 6.58. The van der Waals surface area contributed by atoms with E-state index in [1.54, 1.807) is 0 Å². The maximum absolute atomic E-state index is 9.37. The van der Waals surface area contributed by atoms with Crippen LogP contribution in [0.5, 0.6) is 0 Å². The summed E-state index contributed by atoms with van der Waals surface area (Å²) in [6.45, 7) is 8.22. The van der Waals surface area contributed by atoms with E-state index in [2.05, 4.69) is 14.8 Å². The lowest BCUT2D eigenvalue weighted by Gasteiger charge is -2.46. The molecule has 1 aromatic rings. The Morgan fingerprint density at radius 3 is 2.81 bits per heavy atom. The second-order valence-electron chi connectivity index (χ2n) is 7.95. The first-order chi connectivity index (χ1) is 12.8. The summed E-state index contributed by atoms with van der Waals surface area (Å²) in [5.74, 6) is 2.68. The first-order valence-corrected chi connectivity index (χ1v) is 10.3. The lowest BCUT2D eigenvalue weighted by atomic mass is 9.86. The number of morpholine rings is 1. The zero-order valence-corrected chi connectivity index (χ0v) is 16.0. The van der Waals surface area contributed by atoms with Gasteiger partial charge in [0.1, 0.15) is 11.6 Å². The summed E-state index contributed by atoms with van der Waals surface area (Å²) in [6, 6.07) is 0.609. The molecular weight excluding hydrogens is 328 g/mol. The van der Waals surface area contributed by atoms with Gasteiger partial charge in [-0.25, -0.2) is 9.97 Å². The van der Waals surface area contributed by atoms with Crippen LogP contribution >= 0.6 is 0 Å². The molecule has 6 nitrogen and oxygen atoms in total. The van der Waals surface area contributed by atoms with E-state index in [0.717, 1.165) is 70.9 Å². The summed E-state index contributed by atoms with van der Waals surface area (Å²) >= 11 is 0. The molecule has 2 atom stereocenters. The molecule has 6 heteroatoms. The number of piperidine rings is 1. The maximum Gasteiger partial charge on any atom is 0.135 e. The SMILES string of the molecule is Cc1nc2c(c(N3CC[C@H](N4CCOCC4)[C@H](CCCO)C3)n1)CCC2. The Morgan fingerprint density at radius 1 is 1.15 bits per heavy atom. The normalized spacial score (nSPS) is 26.9. The summed E-state index contributed by atoms with van der Waals surface area (Å²) in [5.41, 5.74) is 2.66. The van der Waals surface area contributed by atoms with Crippen LogP contribution in [0.25, 0.3) is 0 Å². The molecule has 2 saturated heterocycles. The molecule has 0 saturated carbocycles. The van der Waals surface area contributed by atoms with Gasteiger partial charge in [0.25, 0.3) is 0 Å².